The van der Waals surface area contributed by atoms with E-state index in [-0.39, 0.29) is 23.2 Å². The number of fused-ring (bicyclic) bond motifs is 2. The average Bonchev–Trinajstić information content (AvgIpc) is 3.57. The zero-order chi connectivity index (χ0) is 24.1. The number of nitrogens with zero attached hydrogens (tertiary/aromatic N) is 2. The molecule has 2 aromatic heterocycles. The minimum Gasteiger partial charge on any atom is -0.361 e. The molecule has 0 saturated heterocycles. The second kappa shape index (κ2) is 11.0. The van der Waals surface area contributed by atoms with Crippen LogP contribution in [0.15, 0.2) is 47.4 Å². The van der Waals surface area contributed by atoms with Gasteiger partial charge in [-0.1, -0.05) is 51.1 Å². The highest BCUT2D eigenvalue weighted by atomic mass is 32.1. The lowest BCUT2D eigenvalue weighted by Gasteiger charge is -2.15. The van der Waals surface area contributed by atoms with Crippen molar-refractivity contribution in [3.8, 4) is 0 Å². The van der Waals surface area contributed by atoms with Gasteiger partial charge < -0.3 is 16.0 Å². The molecule has 180 valence electrons. The van der Waals surface area contributed by atoms with Crippen LogP contribution < -0.4 is 21.5 Å². The number of hydrogen-bond acceptors (Lipinski definition) is 6. The van der Waals surface area contributed by atoms with Crippen LogP contribution in [0.1, 0.15) is 72.1 Å². The monoisotopic (exact) mass is 479 g/mol. The molecule has 2 aliphatic heterocycles. The summed E-state index contributed by atoms with van der Waals surface area (Å²) in [5.41, 5.74) is 3.02. The molecule has 34 heavy (non-hydrogen) atoms. The highest BCUT2D eigenvalue weighted by Gasteiger charge is 2.36. The van der Waals surface area contributed by atoms with Gasteiger partial charge >= 0.3 is 0 Å². The number of hydrogen-bond donors (Lipinski definition) is 3. The SMILES string of the molecule is CC.CCC1CC(C(=O)NCc2cc3c(s2)CNC3)n2c1cnc(NCc1ccccc1)c2=O. The van der Waals surface area contributed by atoms with Gasteiger partial charge in [0.15, 0.2) is 5.82 Å². The van der Waals surface area contributed by atoms with Crippen molar-refractivity contribution in [1.82, 2.24) is 20.2 Å². The second-order valence-corrected chi connectivity index (χ2v) is 9.61. The molecule has 0 fully saturated rings. The molecule has 4 heterocycles. The third-order valence-corrected chi connectivity index (χ3v) is 7.52. The summed E-state index contributed by atoms with van der Waals surface area (Å²) in [6, 6.07) is 11.5. The lowest BCUT2D eigenvalue weighted by atomic mass is 9.99. The first kappa shape index (κ1) is 24.2. The summed E-state index contributed by atoms with van der Waals surface area (Å²) in [6.45, 7) is 8.90. The zero-order valence-corrected chi connectivity index (χ0v) is 20.9. The van der Waals surface area contributed by atoms with Crippen molar-refractivity contribution in [3.05, 3.63) is 79.5 Å². The number of anilines is 1. The standard InChI is InChI=1S/C24H27N5O2S.C2H6/c1-2-16-9-19(23(30)28-12-18-8-17-11-25-14-21(17)32-18)29-20(16)13-27-22(24(29)31)26-10-15-6-4-3-5-7-15;1-2/h3-8,13,16,19,25H,2,9-12,14H2,1H3,(H,26,27)(H,28,30);1-2H3. The van der Waals surface area contributed by atoms with Crippen LogP contribution in [0.3, 0.4) is 0 Å². The summed E-state index contributed by atoms with van der Waals surface area (Å²) < 4.78 is 1.65. The average molecular weight is 480 g/mol. The lowest BCUT2D eigenvalue weighted by molar-refractivity contribution is -0.124. The van der Waals surface area contributed by atoms with Gasteiger partial charge in [-0.05, 0) is 30.0 Å². The predicted molar refractivity (Wildman–Crippen MR) is 137 cm³/mol. The second-order valence-electron chi connectivity index (χ2n) is 8.39. The fourth-order valence-corrected chi connectivity index (χ4v) is 5.72. The summed E-state index contributed by atoms with van der Waals surface area (Å²) in [5.74, 6) is 0.344. The highest BCUT2D eigenvalue weighted by Crippen LogP contribution is 2.37. The minimum absolute atomic E-state index is 0.101. The summed E-state index contributed by atoms with van der Waals surface area (Å²) >= 11 is 1.74. The highest BCUT2D eigenvalue weighted by molar-refractivity contribution is 7.12. The normalized spacial score (nSPS) is 18.0. The molecule has 2 atom stereocenters. The Morgan fingerprint density at radius 2 is 2.00 bits per heavy atom. The van der Waals surface area contributed by atoms with Gasteiger partial charge in [0, 0.05) is 47.2 Å². The molecule has 8 heteroatoms. The van der Waals surface area contributed by atoms with Gasteiger partial charge in [0.1, 0.15) is 6.04 Å². The first-order valence-corrected chi connectivity index (χ1v) is 12.9. The number of amides is 1. The van der Waals surface area contributed by atoms with Gasteiger partial charge in [-0.3, -0.25) is 14.2 Å². The van der Waals surface area contributed by atoms with E-state index in [4.69, 9.17) is 0 Å². The molecule has 2 aliphatic rings. The molecular formula is C26H33N5O2S. The van der Waals surface area contributed by atoms with Crippen molar-refractivity contribution in [2.24, 2.45) is 0 Å². The first-order valence-electron chi connectivity index (χ1n) is 12.1. The maximum atomic E-state index is 13.3. The summed E-state index contributed by atoms with van der Waals surface area (Å²) in [5, 5.41) is 9.55. The van der Waals surface area contributed by atoms with Gasteiger partial charge in [0.2, 0.25) is 5.91 Å². The van der Waals surface area contributed by atoms with Crippen molar-refractivity contribution in [2.75, 3.05) is 5.32 Å². The molecule has 0 saturated carbocycles. The molecule has 3 N–H and O–H groups in total. The summed E-state index contributed by atoms with van der Waals surface area (Å²) in [4.78, 5) is 33.3. The number of nitrogens with one attached hydrogen (secondary N) is 3. The van der Waals surface area contributed by atoms with E-state index in [2.05, 4.69) is 33.9 Å². The number of rotatable bonds is 7. The van der Waals surface area contributed by atoms with Crippen LogP contribution in [0, 0.1) is 0 Å². The molecule has 0 bridgehead atoms. The maximum Gasteiger partial charge on any atom is 0.294 e. The Morgan fingerprint density at radius 1 is 1.21 bits per heavy atom. The van der Waals surface area contributed by atoms with E-state index < -0.39 is 6.04 Å². The molecule has 1 amide bonds. The molecule has 7 nitrogen and oxygen atoms in total. The maximum absolute atomic E-state index is 13.3. The van der Waals surface area contributed by atoms with Crippen molar-refractivity contribution < 1.29 is 4.79 Å². The topological polar surface area (TPSA) is 88.1 Å². The number of carbonyl (C=O) groups excluding carboxylic acids is 1. The van der Waals surface area contributed by atoms with Crippen LogP contribution >= 0.6 is 11.3 Å². The Balaban J connectivity index is 0.00000133. The number of benzene rings is 1. The minimum atomic E-state index is -0.504. The van der Waals surface area contributed by atoms with Gasteiger partial charge in [-0.25, -0.2) is 4.98 Å². The molecule has 0 spiro atoms. The quantitative estimate of drug-likeness (QED) is 0.470. The van der Waals surface area contributed by atoms with Crippen molar-refractivity contribution >= 4 is 23.1 Å². The van der Waals surface area contributed by atoms with E-state index in [1.165, 1.54) is 10.4 Å². The van der Waals surface area contributed by atoms with Crippen LogP contribution in [0.5, 0.6) is 0 Å². The van der Waals surface area contributed by atoms with Gasteiger partial charge in [0.05, 0.1) is 6.54 Å². The molecule has 0 aliphatic carbocycles. The molecule has 1 aromatic carbocycles. The fraction of sp³-hybridized carbons (Fsp3) is 0.423. The Labute approximate surface area is 204 Å². The zero-order valence-electron chi connectivity index (χ0n) is 20.1. The predicted octanol–water partition coefficient (Wildman–Crippen LogP) is 4.30. The van der Waals surface area contributed by atoms with Crippen molar-refractivity contribution in [1.29, 1.82) is 0 Å². The smallest absolute Gasteiger partial charge is 0.294 e. The molecular weight excluding hydrogens is 446 g/mol. The largest absolute Gasteiger partial charge is 0.361 e. The number of aromatic nitrogens is 2. The Kier molecular flexibility index (Phi) is 7.80. The third-order valence-electron chi connectivity index (χ3n) is 6.35. The van der Waals surface area contributed by atoms with E-state index in [0.29, 0.717) is 19.5 Å². The summed E-state index contributed by atoms with van der Waals surface area (Å²) in [7, 11) is 0. The van der Waals surface area contributed by atoms with Gasteiger partial charge in [-0.2, -0.15) is 0 Å². The Bertz CT molecular complexity index is 1170. The van der Waals surface area contributed by atoms with Crippen LogP contribution in [-0.2, 0) is 31.0 Å². The first-order chi connectivity index (χ1) is 16.6. The van der Waals surface area contributed by atoms with Crippen LogP contribution in [0.4, 0.5) is 5.82 Å². The van der Waals surface area contributed by atoms with Crippen molar-refractivity contribution in [3.63, 3.8) is 0 Å². The summed E-state index contributed by atoms with van der Waals surface area (Å²) in [6.07, 6.45) is 3.26. The van der Waals surface area contributed by atoms with E-state index in [9.17, 15) is 9.59 Å². The van der Waals surface area contributed by atoms with Gasteiger partial charge in [-0.15, -0.1) is 11.3 Å². The van der Waals surface area contributed by atoms with Crippen molar-refractivity contribution in [2.45, 2.75) is 71.8 Å². The van der Waals surface area contributed by atoms with E-state index in [1.54, 1.807) is 22.1 Å². The third kappa shape index (κ3) is 4.93. The lowest BCUT2D eigenvalue weighted by Crippen LogP contribution is -2.36. The molecule has 2 unspecified atom stereocenters. The molecule has 5 rings (SSSR count). The molecule has 3 aromatic rings. The Morgan fingerprint density at radius 3 is 2.74 bits per heavy atom. The van der Waals surface area contributed by atoms with Gasteiger partial charge in [0.25, 0.3) is 5.56 Å². The van der Waals surface area contributed by atoms with Crippen LogP contribution in [0.25, 0.3) is 0 Å². The number of thiophene rings is 1. The Hall–Kier alpha value is -2.97. The number of carbonyl (C=O) groups is 1. The molecule has 0 radical (unpaired) electrons. The van der Waals surface area contributed by atoms with Crippen LogP contribution in [-0.4, -0.2) is 15.5 Å². The van der Waals surface area contributed by atoms with E-state index in [1.807, 2.05) is 44.2 Å². The van der Waals surface area contributed by atoms with Crippen LogP contribution in [0.2, 0.25) is 0 Å². The van der Waals surface area contributed by atoms with E-state index in [0.717, 1.165) is 35.6 Å². The van der Waals surface area contributed by atoms with E-state index >= 15 is 0 Å². The fourth-order valence-electron chi connectivity index (χ4n) is 4.62.